The third-order valence-electron chi connectivity index (χ3n) is 4.41. The van der Waals surface area contributed by atoms with Crippen molar-refractivity contribution in [1.29, 1.82) is 0 Å². The van der Waals surface area contributed by atoms with Crippen LogP contribution in [0.4, 0.5) is 15.8 Å². The number of nitrogens with zero attached hydrogens (tertiary/aromatic N) is 1. The highest BCUT2D eigenvalue weighted by Crippen LogP contribution is 2.22. The molecule has 1 amide bonds. The van der Waals surface area contributed by atoms with Crippen molar-refractivity contribution in [2.45, 2.75) is 17.9 Å². The predicted molar refractivity (Wildman–Crippen MR) is 109 cm³/mol. The zero-order valence-electron chi connectivity index (χ0n) is 15.7. The topological polar surface area (TPSA) is 87.7 Å². The Balaban J connectivity index is 1.68. The van der Waals surface area contributed by atoms with E-state index in [4.69, 9.17) is 16.3 Å². The van der Waals surface area contributed by atoms with Crippen LogP contribution in [-0.2, 0) is 19.6 Å². The smallest absolute Gasteiger partial charge is 0.246 e. The summed E-state index contributed by atoms with van der Waals surface area (Å²) in [5.74, 6) is -0.931. The number of morpholine rings is 1. The summed E-state index contributed by atoms with van der Waals surface area (Å²) in [6, 6.07) is 9.48. The largest absolute Gasteiger partial charge is 0.379 e. The first-order valence-electron chi connectivity index (χ1n) is 8.98. The molecule has 1 aliphatic heterocycles. The van der Waals surface area contributed by atoms with Gasteiger partial charge in [0.1, 0.15) is 11.9 Å². The average molecular weight is 442 g/mol. The molecular formula is C19H21ClFN3O4S. The van der Waals surface area contributed by atoms with E-state index >= 15 is 0 Å². The summed E-state index contributed by atoms with van der Waals surface area (Å²) in [7, 11) is -3.66. The molecule has 2 aromatic carbocycles. The van der Waals surface area contributed by atoms with Gasteiger partial charge in [0, 0.05) is 24.5 Å². The van der Waals surface area contributed by atoms with Crippen LogP contribution in [0, 0.1) is 5.82 Å². The van der Waals surface area contributed by atoms with Crippen LogP contribution in [0.25, 0.3) is 0 Å². The number of carbonyl (C=O) groups is 1. The summed E-state index contributed by atoms with van der Waals surface area (Å²) < 4.78 is 45.3. The quantitative estimate of drug-likeness (QED) is 0.719. The van der Waals surface area contributed by atoms with Gasteiger partial charge in [0.05, 0.1) is 23.1 Å². The molecule has 7 nitrogen and oxygen atoms in total. The number of rotatable bonds is 6. The van der Waals surface area contributed by atoms with Gasteiger partial charge in [0.25, 0.3) is 0 Å². The minimum Gasteiger partial charge on any atom is -0.379 e. The number of nitrogens with one attached hydrogen (secondary N) is 2. The van der Waals surface area contributed by atoms with Crippen LogP contribution < -0.4 is 10.6 Å². The van der Waals surface area contributed by atoms with Crippen molar-refractivity contribution in [3.05, 3.63) is 53.3 Å². The molecule has 1 atom stereocenters. The summed E-state index contributed by atoms with van der Waals surface area (Å²) in [5.41, 5.74) is 0.845. The molecular weight excluding hydrogens is 421 g/mol. The lowest BCUT2D eigenvalue weighted by Crippen LogP contribution is -2.40. The molecule has 0 saturated carbocycles. The van der Waals surface area contributed by atoms with Crippen molar-refractivity contribution < 1.29 is 22.3 Å². The van der Waals surface area contributed by atoms with Gasteiger partial charge in [0.2, 0.25) is 15.9 Å². The number of sulfonamides is 1. The second-order valence-electron chi connectivity index (χ2n) is 6.53. The summed E-state index contributed by atoms with van der Waals surface area (Å²) in [4.78, 5) is 12.6. The molecule has 1 fully saturated rings. The fraction of sp³-hybridized carbons (Fsp3) is 0.316. The van der Waals surface area contributed by atoms with Gasteiger partial charge in [-0.3, -0.25) is 4.79 Å². The van der Waals surface area contributed by atoms with E-state index in [1.54, 1.807) is 19.1 Å². The lowest BCUT2D eigenvalue weighted by Gasteiger charge is -2.26. The number of anilines is 2. The molecule has 1 saturated heterocycles. The van der Waals surface area contributed by atoms with Crippen LogP contribution in [0.3, 0.4) is 0 Å². The summed E-state index contributed by atoms with van der Waals surface area (Å²) >= 11 is 5.75. The molecule has 0 spiro atoms. The van der Waals surface area contributed by atoms with Crippen molar-refractivity contribution in [3.63, 3.8) is 0 Å². The molecule has 2 N–H and O–H groups in total. The Hall–Kier alpha value is -2.20. The van der Waals surface area contributed by atoms with E-state index in [0.717, 1.165) is 0 Å². The number of hydrogen-bond acceptors (Lipinski definition) is 5. The van der Waals surface area contributed by atoms with Crippen molar-refractivity contribution in [1.82, 2.24) is 4.31 Å². The third kappa shape index (κ3) is 5.24. The molecule has 10 heteroatoms. The van der Waals surface area contributed by atoms with E-state index in [1.807, 2.05) is 0 Å². The van der Waals surface area contributed by atoms with E-state index in [1.165, 1.54) is 34.6 Å². The van der Waals surface area contributed by atoms with Crippen LogP contribution in [0.1, 0.15) is 6.92 Å². The molecule has 1 heterocycles. The van der Waals surface area contributed by atoms with Crippen LogP contribution in [0.15, 0.2) is 47.4 Å². The fourth-order valence-electron chi connectivity index (χ4n) is 2.82. The number of carbonyl (C=O) groups excluding carboxylic acids is 1. The minimum absolute atomic E-state index is 0.0522. The standard InChI is InChI=1S/C19H21ClFN3O4S/c1-13(22-15-5-6-18(21)17(20)12-15)19(25)23-14-3-2-4-16(11-14)29(26,27)24-7-9-28-10-8-24/h2-6,11-13,22H,7-10H2,1H3,(H,23,25)/t13-/m0/s1. The van der Waals surface area contributed by atoms with E-state index in [2.05, 4.69) is 10.6 Å². The highest BCUT2D eigenvalue weighted by Gasteiger charge is 2.26. The first kappa shape index (κ1) is 21.5. The normalized spacial score (nSPS) is 16.2. The van der Waals surface area contributed by atoms with E-state index < -0.39 is 21.9 Å². The maximum atomic E-state index is 13.3. The average Bonchev–Trinajstić information content (AvgIpc) is 2.71. The molecule has 2 aromatic rings. The Bertz CT molecular complexity index is 997. The highest BCUT2D eigenvalue weighted by atomic mass is 35.5. The maximum absolute atomic E-state index is 13.3. The Labute approximate surface area is 173 Å². The Kier molecular flexibility index (Phi) is 6.74. The van der Waals surface area contributed by atoms with Crippen LogP contribution in [-0.4, -0.2) is 51.0 Å². The molecule has 29 heavy (non-hydrogen) atoms. The SMILES string of the molecule is C[C@H](Nc1ccc(F)c(Cl)c1)C(=O)Nc1cccc(S(=O)(=O)N2CCOCC2)c1. The zero-order valence-corrected chi connectivity index (χ0v) is 17.3. The third-order valence-corrected chi connectivity index (χ3v) is 6.59. The van der Waals surface area contributed by atoms with Crippen molar-refractivity contribution in [2.75, 3.05) is 36.9 Å². The Morgan fingerprint density at radius 3 is 2.59 bits per heavy atom. The summed E-state index contributed by atoms with van der Waals surface area (Å²) in [6.07, 6.45) is 0. The van der Waals surface area contributed by atoms with Crippen LogP contribution in [0.2, 0.25) is 5.02 Å². The van der Waals surface area contributed by atoms with Gasteiger partial charge in [-0.05, 0) is 43.3 Å². The van der Waals surface area contributed by atoms with Gasteiger partial charge in [-0.1, -0.05) is 17.7 Å². The maximum Gasteiger partial charge on any atom is 0.246 e. The summed E-state index contributed by atoms with van der Waals surface area (Å²) in [6.45, 7) is 2.92. The second-order valence-corrected chi connectivity index (χ2v) is 8.87. The number of ether oxygens (including phenoxy) is 1. The number of hydrogen-bond donors (Lipinski definition) is 2. The van der Waals surface area contributed by atoms with Gasteiger partial charge in [-0.25, -0.2) is 12.8 Å². The Morgan fingerprint density at radius 1 is 1.17 bits per heavy atom. The number of halogens is 2. The second kappa shape index (κ2) is 9.08. The van der Waals surface area contributed by atoms with Crippen molar-refractivity contribution >= 4 is 38.9 Å². The molecule has 1 aliphatic rings. The lowest BCUT2D eigenvalue weighted by molar-refractivity contribution is -0.116. The first-order chi connectivity index (χ1) is 13.8. The fourth-order valence-corrected chi connectivity index (χ4v) is 4.46. The van der Waals surface area contributed by atoms with Crippen LogP contribution in [0.5, 0.6) is 0 Å². The molecule has 156 valence electrons. The molecule has 0 bridgehead atoms. The lowest BCUT2D eigenvalue weighted by atomic mass is 10.2. The van der Waals surface area contributed by atoms with Gasteiger partial charge >= 0.3 is 0 Å². The minimum atomic E-state index is -3.66. The van der Waals surface area contributed by atoms with E-state index in [-0.39, 0.29) is 15.8 Å². The van der Waals surface area contributed by atoms with E-state index in [9.17, 15) is 17.6 Å². The number of amides is 1. The monoisotopic (exact) mass is 441 g/mol. The molecule has 0 radical (unpaired) electrons. The number of benzene rings is 2. The van der Waals surface area contributed by atoms with Gasteiger partial charge in [-0.15, -0.1) is 0 Å². The van der Waals surface area contributed by atoms with Gasteiger partial charge in [-0.2, -0.15) is 4.31 Å². The molecule has 0 aromatic heterocycles. The van der Waals surface area contributed by atoms with E-state index in [0.29, 0.717) is 37.7 Å². The van der Waals surface area contributed by atoms with Crippen molar-refractivity contribution in [2.24, 2.45) is 0 Å². The van der Waals surface area contributed by atoms with Gasteiger partial charge < -0.3 is 15.4 Å². The molecule has 3 rings (SSSR count). The van der Waals surface area contributed by atoms with Gasteiger partial charge in [0.15, 0.2) is 0 Å². The zero-order chi connectivity index (χ0) is 21.0. The first-order valence-corrected chi connectivity index (χ1v) is 10.8. The molecule has 0 aliphatic carbocycles. The highest BCUT2D eigenvalue weighted by molar-refractivity contribution is 7.89. The summed E-state index contributed by atoms with van der Waals surface area (Å²) in [5, 5.41) is 5.56. The van der Waals surface area contributed by atoms with Crippen LogP contribution >= 0.6 is 11.6 Å². The molecule has 0 unspecified atom stereocenters. The van der Waals surface area contributed by atoms with Crippen molar-refractivity contribution in [3.8, 4) is 0 Å². The Morgan fingerprint density at radius 2 is 1.90 bits per heavy atom. The predicted octanol–water partition coefficient (Wildman–Crippen LogP) is 2.94.